The molecular formula is C27H30F2N4O4. The van der Waals surface area contributed by atoms with Crippen LogP contribution in [0.2, 0.25) is 0 Å². The quantitative estimate of drug-likeness (QED) is 0.601. The zero-order valence-corrected chi connectivity index (χ0v) is 21.0. The Balaban J connectivity index is 1.60. The summed E-state index contributed by atoms with van der Waals surface area (Å²) in [6.45, 7) is 5.31. The van der Waals surface area contributed by atoms with E-state index in [4.69, 9.17) is 4.74 Å². The van der Waals surface area contributed by atoms with Crippen LogP contribution in [0.15, 0.2) is 59.8 Å². The van der Waals surface area contributed by atoms with E-state index in [1.54, 1.807) is 31.0 Å². The number of ether oxygens (including phenoxy) is 1. The maximum Gasteiger partial charge on any atom is 0.338 e. The number of rotatable bonds is 6. The maximum absolute atomic E-state index is 14.7. The first-order valence-corrected chi connectivity index (χ1v) is 12.2. The second kappa shape index (κ2) is 11.1. The first-order valence-electron chi connectivity index (χ1n) is 12.2. The fraction of sp³-hybridized carbons (Fsp3) is 0.370. The number of hydrogen-bond acceptors (Lipinski definition) is 5. The van der Waals surface area contributed by atoms with Crippen molar-refractivity contribution in [2.24, 2.45) is 0 Å². The third-order valence-corrected chi connectivity index (χ3v) is 6.73. The first kappa shape index (κ1) is 26.3. The van der Waals surface area contributed by atoms with Gasteiger partial charge in [0.15, 0.2) is 0 Å². The van der Waals surface area contributed by atoms with Crippen molar-refractivity contribution in [1.82, 2.24) is 20.0 Å². The van der Waals surface area contributed by atoms with E-state index >= 15 is 0 Å². The van der Waals surface area contributed by atoms with Gasteiger partial charge in [0, 0.05) is 56.1 Å². The van der Waals surface area contributed by atoms with E-state index in [2.05, 4.69) is 5.32 Å². The largest absolute Gasteiger partial charge is 0.463 e. The van der Waals surface area contributed by atoms with Crippen molar-refractivity contribution in [1.29, 1.82) is 0 Å². The molecule has 1 fully saturated rings. The zero-order valence-electron chi connectivity index (χ0n) is 21.0. The van der Waals surface area contributed by atoms with Crippen LogP contribution < -0.4 is 5.32 Å². The standard InChI is InChI=1S/C27H30F2N4O4/c1-4-37-26(35)23-22(31(3)27(36)30-24(23)20-7-5-6-8-21(20)29)16-32-13-14-33(17(2)15-32)25(34)18-9-11-19(28)12-10-18/h5-12,17,24H,4,13-16H2,1-3H3,(H,30,36)/t17-,24-/m0/s1. The Kier molecular flexibility index (Phi) is 7.87. The van der Waals surface area contributed by atoms with Crippen LogP contribution in [0.25, 0.3) is 0 Å². The molecular weight excluding hydrogens is 482 g/mol. The van der Waals surface area contributed by atoms with Gasteiger partial charge >= 0.3 is 12.0 Å². The van der Waals surface area contributed by atoms with E-state index < -0.39 is 29.7 Å². The molecule has 8 nitrogen and oxygen atoms in total. The van der Waals surface area contributed by atoms with Crippen LogP contribution in [0.5, 0.6) is 0 Å². The van der Waals surface area contributed by atoms with E-state index in [-0.39, 0.29) is 36.2 Å². The first-order chi connectivity index (χ1) is 17.7. The van der Waals surface area contributed by atoms with Gasteiger partial charge in [0.25, 0.3) is 5.91 Å². The predicted molar refractivity (Wildman–Crippen MR) is 132 cm³/mol. The number of carbonyl (C=O) groups excluding carboxylic acids is 3. The highest BCUT2D eigenvalue weighted by Crippen LogP contribution is 2.33. The van der Waals surface area contributed by atoms with Gasteiger partial charge in [-0.05, 0) is 44.2 Å². The summed E-state index contributed by atoms with van der Waals surface area (Å²) < 4.78 is 33.3. The number of piperazine rings is 1. The smallest absolute Gasteiger partial charge is 0.338 e. The van der Waals surface area contributed by atoms with Crippen LogP contribution in [0, 0.1) is 11.6 Å². The Morgan fingerprint density at radius 3 is 2.43 bits per heavy atom. The molecule has 2 aliphatic heterocycles. The Labute approximate surface area is 214 Å². The fourth-order valence-corrected chi connectivity index (χ4v) is 4.79. The molecule has 37 heavy (non-hydrogen) atoms. The molecule has 0 aliphatic carbocycles. The normalized spacial score (nSPS) is 20.6. The number of nitrogens with zero attached hydrogens (tertiary/aromatic N) is 3. The summed E-state index contributed by atoms with van der Waals surface area (Å²) in [5, 5.41) is 2.72. The van der Waals surface area contributed by atoms with Crippen molar-refractivity contribution in [2.45, 2.75) is 25.9 Å². The molecule has 10 heteroatoms. The highest BCUT2D eigenvalue weighted by atomic mass is 19.1. The van der Waals surface area contributed by atoms with Crippen LogP contribution in [0.4, 0.5) is 13.6 Å². The molecule has 1 saturated heterocycles. The Bertz CT molecular complexity index is 1220. The number of nitrogens with one attached hydrogen (secondary N) is 1. The second-order valence-electron chi connectivity index (χ2n) is 9.13. The minimum absolute atomic E-state index is 0.123. The van der Waals surface area contributed by atoms with E-state index in [0.717, 1.165) is 0 Å². The number of likely N-dealkylation sites (N-methyl/N-ethyl adjacent to an activating group) is 1. The van der Waals surface area contributed by atoms with Gasteiger partial charge in [-0.15, -0.1) is 0 Å². The van der Waals surface area contributed by atoms with Gasteiger partial charge in [-0.1, -0.05) is 18.2 Å². The lowest BCUT2D eigenvalue weighted by Crippen LogP contribution is -2.56. The van der Waals surface area contributed by atoms with Crippen molar-refractivity contribution >= 4 is 17.9 Å². The van der Waals surface area contributed by atoms with Gasteiger partial charge in [-0.25, -0.2) is 18.4 Å². The minimum Gasteiger partial charge on any atom is -0.463 e. The number of halogens is 2. The van der Waals surface area contributed by atoms with Crippen LogP contribution >= 0.6 is 0 Å². The number of carbonyl (C=O) groups is 3. The number of urea groups is 1. The SMILES string of the molecule is CCOC(=O)C1=C(CN2CCN(C(=O)c3ccc(F)cc3)[C@@H](C)C2)N(C)C(=O)N[C@H]1c1ccccc1F. The third-order valence-electron chi connectivity index (χ3n) is 6.73. The Morgan fingerprint density at radius 2 is 1.78 bits per heavy atom. The van der Waals surface area contributed by atoms with Gasteiger partial charge in [0.2, 0.25) is 0 Å². The third kappa shape index (κ3) is 5.48. The molecule has 2 heterocycles. The van der Waals surface area contributed by atoms with Gasteiger partial charge in [0.05, 0.1) is 18.2 Å². The molecule has 0 bridgehead atoms. The van der Waals surface area contributed by atoms with E-state index in [1.165, 1.54) is 41.3 Å². The monoisotopic (exact) mass is 512 g/mol. The topological polar surface area (TPSA) is 82.2 Å². The summed E-state index contributed by atoms with van der Waals surface area (Å²) in [6.07, 6.45) is 0. The van der Waals surface area contributed by atoms with Gasteiger partial charge < -0.3 is 15.0 Å². The minimum atomic E-state index is -1.00. The van der Waals surface area contributed by atoms with Gasteiger partial charge in [0.1, 0.15) is 11.6 Å². The molecule has 196 valence electrons. The highest BCUT2D eigenvalue weighted by Gasteiger charge is 2.39. The van der Waals surface area contributed by atoms with Crippen molar-refractivity contribution in [3.05, 3.63) is 82.6 Å². The molecule has 2 aromatic carbocycles. The summed E-state index contributed by atoms with van der Waals surface area (Å²) in [7, 11) is 1.55. The summed E-state index contributed by atoms with van der Waals surface area (Å²) in [4.78, 5) is 44.1. The number of amides is 3. The lowest BCUT2D eigenvalue weighted by Gasteiger charge is -2.42. The van der Waals surface area contributed by atoms with Crippen molar-refractivity contribution < 1.29 is 27.9 Å². The average Bonchev–Trinajstić information content (AvgIpc) is 2.87. The van der Waals surface area contributed by atoms with E-state index in [0.29, 0.717) is 30.9 Å². The summed E-state index contributed by atoms with van der Waals surface area (Å²) in [5.74, 6) is -1.77. The summed E-state index contributed by atoms with van der Waals surface area (Å²) in [6, 6.07) is 9.79. The van der Waals surface area contributed by atoms with Crippen LogP contribution in [0.1, 0.15) is 35.8 Å². The average molecular weight is 513 g/mol. The number of hydrogen-bond donors (Lipinski definition) is 1. The molecule has 4 rings (SSSR count). The molecule has 0 saturated carbocycles. The van der Waals surface area contributed by atoms with E-state index in [1.807, 2.05) is 11.8 Å². The molecule has 0 unspecified atom stereocenters. The summed E-state index contributed by atoms with van der Waals surface area (Å²) in [5.41, 5.74) is 1.17. The fourth-order valence-electron chi connectivity index (χ4n) is 4.79. The molecule has 0 aromatic heterocycles. The molecule has 0 spiro atoms. The maximum atomic E-state index is 14.7. The van der Waals surface area contributed by atoms with Crippen LogP contribution in [-0.2, 0) is 9.53 Å². The van der Waals surface area contributed by atoms with Gasteiger partial charge in [-0.2, -0.15) is 0 Å². The summed E-state index contributed by atoms with van der Waals surface area (Å²) >= 11 is 0. The molecule has 0 radical (unpaired) electrons. The lowest BCUT2D eigenvalue weighted by molar-refractivity contribution is -0.139. The highest BCUT2D eigenvalue weighted by molar-refractivity contribution is 5.95. The molecule has 3 amide bonds. The number of benzene rings is 2. The molecule has 2 aliphatic rings. The van der Waals surface area contributed by atoms with Crippen molar-refractivity contribution in [2.75, 3.05) is 39.8 Å². The van der Waals surface area contributed by atoms with E-state index in [9.17, 15) is 23.2 Å². The molecule has 2 aromatic rings. The van der Waals surface area contributed by atoms with Crippen molar-refractivity contribution in [3.63, 3.8) is 0 Å². The Hall–Kier alpha value is -3.79. The Morgan fingerprint density at radius 1 is 1.08 bits per heavy atom. The van der Waals surface area contributed by atoms with Crippen molar-refractivity contribution in [3.8, 4) is 0 Å². The number of esters is 1. The lowest BCUT2D eigenvalue weighted by atomic mass is 9.93. The predicted octanol–water partition coefficient (Wildman–Crippen LogP) is 3.32. The van der Waals surface area contributed by atoms with Crippen LogP contribution in [0.3, 0.4) is 0 Å². The second-order valence-corrected chi connectivity index (χ2v) is 9.13. The van der Waals surface area contributed by atoms with Crippen LogP contribution in [-0.4, -0.2) is 78.5 Å². The molecule has 2 atom stereocenters. The molecule has 1 N–H and O–H groups in total. The van der Waals surface area contributed by atoms with Gasteiger partial charge in [-0.3, -0.25) is 14.6 Å². The zero-order chi connectivity index (χ0) is 26.7.